The topological polar surface area (TPSA) is 109 Å². The summed E-state index contributed by atoms with van der Waals surface area (Å²) in [5.74, 6) is -1.98. The Balaban J connectivity index is 1.92. The van der Waals surface area contributed by atoms with E-state index in [1.54, 1.807) is 55.9 Å². The van der Waals surface area contributed by atoms with E-state index >= 15 is 0 Å². The maximum Gasteiger partial charge on any atom is 0.313 e. The van der Waals surface area contributed by atoms with Gasteiger partial charge in [-0.3, -0.25) is 19.4 Å². The molecule has 0 radical (unpaired) electrons. The highest BCUT2D eigenvalue weighted by atomic mass is 16.5. The van der Waals surface area contributed by atoms with E-state index in [-0.39, 0.29) is 23.7 Å². The fourth-order valence-corrected chi connectivity index (χ4v) is 2.25. The van der Waals surface area contributed by atoms with Gasteiger partial charge in [0.2, 0.25) is 0 Å². The average Bonchev–Trinajstić information content (AvgIpc) is 2.70. The van der Waals surface area contributed by atoms with Gasteiger partial charge in [-0.25, -0.2) is 0 Å². The van der Waals surface area contributed by atoms with Crippen molar-refractivity contribution in [2.45, 2.75) is 13.0 Å². The van der Waals surface area contributed by atoms with Crippen LogP contribution >= 0.6 is 0 Å². The first-order valence-electron chi connectivity index (χ1n) is 8.46. The zero-order chi connectivity index (χ0) is 19.5. The van der Waals surface area contributed by atoms with Crippen molar-refractivity contribution in [2.24, 2.45) is 0 Å². The molecule has 27 heavy (non-hydrogen) atoms. The number of hydrogen-bond acceptors (Lipinski definition) is 5. The van der Waals surface area contributed by atoms with E-state index < -0.39 is 11.8 Å². The van der Waals surface area contributed by atoms with Crippen LogP contribution in [0.4, 0.5) is 5.69 Å². The van der Waals surface area contributed by atoms with E-state index in [0.29, 0.717) is 19.6 Å². The van der Waals surface area contributed by atoms with Crippen molar-refractivity contribution < 1.29 is 19.1 Å². The van der Waals surface area contributed by atoms with E-state index in [0.717, 1.165) is 5.56 Å². The third-order valence-corrected chi connectivity index (χ3v) is 3.61. The molecule has 2 rings (SSSR count). The van der Waals surface area contributed by atoms with Gasteiger partial charge in [-0.15, -0.1) is 0 Å². The van der Waals surface area contributed by atoms with Crippen LogP contribution < -0.4 is 16.0 Å². The van der Waals surface area contributed by atoms with Gasteiger partial charge >= 0.3 is 11.8 Å². The predicted molar refractivity (Wildman–Crippen MR) is 100.0 cm³/mol. The zero-order valence-electron chi connectivity index (χ0n) is 15.0. The summed E-state index contributed by atoms with van der Waals surface area (Å²) in [5.41, 5.74) is 1.32. The monoisotopic (exact) mass is 370 g/mol. The van der Waals surface area contributed by atoms with Crippen molar-refractivity contribution in [2.75, 3.05) is 25.6 Å². The van der Waals surface area contributed by atoms with Crippen LogP contribution in [0.2, 0.25) is 0 Å². The van der Waals surface area contributed by atoms with E-state index in [4.69, 9.17) is 4.74 Å². The van der Waals surface area contributed by atoms with Crippen LogP contribution in [0, 0.1) is 0 Å². The number of carbonyl (C=O) groups is 3. The number of nitrogens with zero attached hydrogens (tertiary/aromatic N) is 1. The fraction of sp³-hybridized carbons (Fsp3) is 0.263. The van der Waals surface area contributed by atoms with Crippen LogP contribution in [-0.2, 0) is 20.9 Å². The lowest BCUT2D eigenvalue weighted by Crippen LogP contribution is -2.35. The summed E-state index contributed by atoms with van der Waals surface area (Å²) in [5, 5.41) is 7.73. The Morgan fingerprint density at radius 2 is 1.85 bits per heavy atom. The Morgan fingerprint density at radius 3 is 2.59 bits per heavy atom. The molecule has 142 valence electrons. The highest BCUT2D eigenvalue weighted by molar-refractivity contribution is 6.40. The van der Waals surface area contributed by atoms with Gasteiger partial charge in [0.1, 0.15) is 0 Å². The van der Waals surface area contributed by atoms with Gasteiger partial charge in [0, 0.05) is 39.2 Å². The van der Waals surface area contributed by atoms with Crippen LogP contribution in [0.15, 0.2) is 48.8 Å². The van der Waals surface area contributed by atoms with Crippen molar-refractivity contribution in [3.63, 3.8) is 0 Å². The SMILES string of the molecule is COCCCNC(=O)c1ccccc1NC(=O)C(=O)NCc1cccnc1. The molecule has 0 saturated heterocycles. The molecule has 0 aliphatic rings. The third kappa shape index (κ3) is 6.52. The van der Waals surface area contributed by atoms with E-state index in [1.165, 1.54) is 0 Å². The average molecular weight is 370 g/mol. The number of aromatic nitrogens is 1. The Bertz CT molecular complexity index is 780. The second-order valence-corrected chi connectivity index (χ2v) is 5.65. The summed E-state index contributed by atoms with van der Waals surface area (Å²) >= 11 is 0. The first-order chi connectivity index (χ1) is 13.1. The Hall–Kier alpha value is -3.26. The van der Waals surface area contributed by atoms with Gasteiger partial charge in [0.15, 0.2) is 0 Å². The molecule has 1 aromatic carbocycles. The molecule has 3 N–H and O–H groups in total. The molecule has 1 aromatic heterocycles. The number of anilines is 1. The maximum atomic E-state index is 12.3. The minimum atomic E-state index is -0.849. The van der Waals surface area contributed by atoms with Crippen molar-refractivity contribution in [3.05, 3.63) is 59.9 Å². The minimum absolute atomic E-state index is 0.182. The van der Waals surface area contributed by atoms with Crippen LogP contribution in [0.5, 0.6) is 0 Å². The molecule has 0 bridgehead atoms. The summed E-state index contributed by atoms with van der Waals surface area (Å²) < 4.78 is 4.93. The number of pyridine rings is 1. The van der Waals surface area contributed by atoms with Crippen molar-refractivity contribution in [1.82, 2.24) is 15.6 Å². The van der Waals surface area contributed by atoms with E-state index in [1.807, 2.05) is 0 Å². The first-order valence-corrected chi connectivity index (χ1v) is 8.46. The highest BCUT2D eigenvalue weighted by Crippen LogP contribution is 2.14. The molecule has 0 aliphatic carbocycles. The molecule has 0 saturated carbocycles. The molecular weight excluding hydrogens is 348 g/mol. The Morgan fingerprint density at radius 1 is 1.04 bits per heavy atom. The fourth-order valence-electron chi connectivity index (χ4n) is 2.25. The van der Waals surface area contributed by atoms with Crippen LogP contribution in [0.25, 0.3) is 0 Å². The predicted octanol–water partition coefficient (Wildman–Crippen LogP) is 1.10. The molecule has 0 fully saturated rings. The second kappa shape index (κ2) is 10.7. The molecule has 2 aromatic rings. The first kappa shape index (κ1) is 20.1. The quantitative estimate of drug-likeness (QED) is 0.476. The number of carbonyl (C=O) groups excluding carboxylic acids is 3. The van der Waals surface area contributed by atoms with Crippen molar-refractivity contribution in [3.8, 4) is 0 Å². The molecule has 3 amide bonds. The standard InChI is InChI=1S/C19H22N4O4/c1-27-11-5-10-21-17(24)15-7-2-3-8-16(15)23-19(26)18(25)22-13-14-6-4-9-20-12-14/h2-4,6-9,12H,5,10-11,13H2,1H3,(H,21,24)(H,22,25)(H,23,26). The smallest absolute Gasteiger partial charge is 0.313 e. The van der Waals surface area contributed by atoms with Crippen molar-refractivity contribution in [1.29, 1.82) is 0 Å². The summed E-state index contributed by atoms with van der Waals surface area (Å²) in [6.07, 6.45) is 3.89. The Kier molecular flexibility index (Phi) is 7.92. The van der Waals surface area contributed by atoms with Crippen LogP contribution in [-0.4, -0.2) is 43.0 Å². The van der Waals surface area contributed by atoms with E-state index in [2.05, 4.69) is 20.9 Å². The number of rotatable bonds is 8. The van der Waals surface area contributed by atoms with E-state index in [9.17, 15) is 14.4 Å². The molecular formula is C19H22N4O4. The summed E-state index contributed by atoms with van der Waals surface area (Å²) in [6, 6.07) is 10.0. The van der Waals surface area contributed by atoms with Gasteiger partial charge < -0.3 is 20.7 Å². The molecule has 8 nitrogen and oxygen atoms in total. The number of amides is 3. The summed E-state index contributed by atoms with van der Waals surface area (Å²) in [6.45, 7) is 1.16. The third-order valence-electron chi connectivity index (χ3n) is 3.61. The molecule has 1 heterocycles. The van der Waals surface area contributed by atoms with Crippen LogP contribution in [0.1, 0.15) is 22.3 Å². The number of para-hydroxylation sites is 1. The number of methoxy groups -OCH3 is 1. The van der Waals surface area contributed by atoms with Crippen molar-refractivity contribution >= 4 is 23.4 Å². The molecule has 0 atom stereocenters. The zero-order valence-corrected chi connectivity index (χ0v) is 15.0. The molecule has 0 spiro atoms. The number of ether oxygens (including phenoxy) is 1. The number of benzene rings is 1. The Labute approximate surface area is 157 Å². The van der Waals surface area contributed by atoms with Gasteiger partial charge in [-0.05, 0) is 30.2 Å². The van der Waals surface area contributed by atoms with Gasteiger partial charge in [0.05, 0.1) is 11.3 Å². The van der Waals surface area contributed by atoms with Gasteiger partial charge in [-0.1, -0.05) is 18.2 Å². The summed E-state index contributed by atoms with van der Waals surface area (Å²) in [7, 11) is 1.59. The number of nitrogens with one attached hydrogen (secondary N) is 3. The van der Waals surface area contributed by atoms with Gasteiger partial charge in [-0.2, -0.15) is 0 Å². The lowest BCUT2D eigenvalue weighted by molar-refractivity contribution is -0.136. The molecule has 0 aliphatic heterocycles. The maximum absolute atomic E-state index is 12.3. The largest absolute Gasteiger partial charge is 0.385 e. The normalized spacial score (nSPS) is 10.1. The second-order valence-electron chi connectivity index (χ2n) is 5.65. The summed E-state index contributed by atoms with van der Waals surface area (Å²) in [4.78, 5) is 40.3. The minimum Gasteiger partial charge on any atom is -0.385 e. The lowest BCUT2D eigenvalue weighted by atomic mass is 10.1. The number of hydrogen-bond donors (Lipinski definition) is 3. The van der Waals surface area contributed by atoms with Gasteiger partial charge in [0.25, 0.3) is 5.91 Å². The van der Waals surface area contributed by atoms with Crippen LogP contribution in [0.3, 0.4) is 0 Å². The lowest BCUT2D eigenvalue weighted by Gasteiger charge is -2.11. The molecule has 8 heteroatoms. The molecule has 0 unspecified atom stereocenters. The highest BCUT2D eigenvalue weighted by Gasteiger charge is 2.17.